The molecule has 1 fully saturated rings. The molecule has 4 heteroatoms. The fourth-order valence-electron chi connectivity index (χ4n) is 1.98. The van der Waals surface area contributed by atoms with E-state index in [0.29, 0.717) is 6.04 Å². The van der Waals surface area contributed by atoms with Crippen LogP contribution in [0.3, 0.4) is 0 Å². The summed E-state index contributed by atoms with van der Waals surface area (Å²) >= 11 is 3.47. The summed E-state index contributed by atoms with van der Waals surface area (Å²) in [6.07, 6.45) is 3.79. The third-order valence-corrected chi connectivity index (χ3v) is 3.40. The number of rotatable bonds is 1. The molecule has 1 atom stereocenters. The first-order chi connectivity index (χ1) is 7.16. The lowest BCUT2D eigenvalue weighted by molar-refractivity contribution is 0.115. The molecule has 3 nitrogen and oxygen atoms in total. The van der Waals surface area contributed by atoms with Crippen LogP contribution in [0.5, 0.6) is 0 Å². The van der Waals surface area contributed by atoms with Crippen molar-refractivity contribution in [3.8, 4) is 0 Å². The molecule has 0 N–H and O–H groups in total. The molecule has 1 aromatic rings. The van der Waals surface area contributed by atoms with Gasteiger partial charge >= 0.3 is 0 Å². The van der Waals surface area contributed by atoms with Crippen molar-refractivity contribution in [2.75, 3.05) is 33.7 Å². The van der Waals surface area contributed by atoms with Gasteiger partial charge in [-0.05, 0) is 41.7 Å². The van der Waals surface area contributed by atoms with E-state index in [1.165, 1.54) is 5.56 Å². The maximum Gasteiger partial charge on any atom is 0.0488 e. The molecule has 15 heavy (non-hydrogen) atoms. The molecule has 2 rings (SSSR count). The zero-order chi connectivity index (χ0) is 10.8. The van der Waals surface area contributed by atoms with E-state index < -0.39 is 0 Å². The highest BCUT2D eigenvalue weighted by molar-refractivity contribution is 9.10. The van der Waals surface area contributed by atoms with Crippen molar-refractivity contribution in [2.24, 2.45) is 0 Å². The van der Waals surface area contributed by atoms with E-state index in [1.807, 2.05) is 12.4 Å². The summed E-state index contributed by atoms with van der Waals surface area (Å²) in [5.41, 5.74) is 1.29. The third kappa shape index (κ3) is 2.56. The van der Waals surface area contributed by atoms with Crippen molar-refractivity contribution in [1.82, 2.24) is 14.8 Å². The molecular weight excluding hydrogens is 254 g/mol. The van der Waals surface area contributed by atoms with Gasteiger partial charge in [0.2, 0.25) is 0 Å². The molecule has 0 radical (unpaired) electrons. The lowest BCUT2D eigenvalue weighted by Crippen LogP contribution is -2.44. The van der Waals surface area contributed by atoms with E-state index in [1.54, 1.807) is 0 Å². The maximum atomic E-state index is 4.23. The summed E-state index contributed by atoms with van der Waals surface area (Å²) in [6.45, 7) is 3.34. The van der Waals surface area contributed by atoms with Crippen molar-refractivity contribution in [3.63, 3.8) is 0 Å². The molecule has 0 bridgehead atoms. The number of pyridine rings is 1. The summed E-state index contributed by atoms with van der Waals surface area (Å²) in [5, 5.41) is 0. The zero-order valence-corrected chi connectivity index (χ0v) is 10.7. The predicted molar refractivity (Wildman–Crippen MR) is 64.8 cm³/mol. The van der Waals surface area contributed by atoms with Crippen LogP contribution in [-0.2, 0) is 0 Å². The van der Waals surface area contributed by atoms with Gasteiger partial charge in [-0.1, -0.05) is 0 Å². The fourth-order valence-corrected chi connectivity index (χ4v) is 2.36. The first-order valence-corrected chi connectivity index (χ1v) is 5.95. The largest absolute Gasteiger partial charge is 0.303 e. The second-order valence-corrected chi connectivity index (χ2v) is 5.11. The van der Waals surface area contributed by atoms with E-state index in [-0.39, 0.29) is 0 Å². The van der Waals surface area contributed by atoms with Crippen LogP contribution in [0.25, 0.3) is 0 Å². The number of nitrogens with zero attached hydrogens (tertiary/aromatic N) is 3. The number of hydrogen-bond donors (Lipinski definition) is 0. The Labute approximate surface area is 99.2 Å². The van der Waals surface area contributed by atoms with Crippen molar-refractivity contribution in [2.45, 2.75) is 6.04 Å². The zero-order valence-electron chi connectivity index (χ0n) is 9.15. The van der Waals surface area contributed by atoms with Crippen LogP contribution >= 0.6 is 15.9 Å². The van der Waals surface area contributed by atoms with Gasteiger partial charge < -0.3 is 4.90 Å². The van der Waals surface area contributed by atoms with Crippen LogP contribution in [0.1, 0.15) is 11.6 Å². The molecule has 82 valence electrons. The lowest BCUT2D eigenvalue weighted by Gasteiger charge is -2.37. The Bertz CT molecular complexity index is 342. The molecule has 0 amide bonds. The van der Waals surface area contributed by atoms with E-state index >= 15 is 0 Å². The Hall–Kier alpha value is -0.450. The minimum atomic E-state index is 0.466. The molecule has 0 spiro atoms. The first kappa shape index (κ1) is 11.0. The summed E-state index contributed by atoms with van der Waals surface area (Å²) in [6, 6.07) is 2.63. The van der Waals surface area contributed by atoms with Gasteiger partial charge in [0.1, 0.15) is 0 Å². The minimum absolute atomic E-state index is 0.466. The predicted octanol–water partition coefficient (Wildman–Crippen LogP) is 1.76. The standard InChI is InChI=1S/C11H16BrN3/c1-14-3-4-15(2)11(8-14)9-5-10(12)7-13-6-9/h5-7,11H,3-4,8H2,1-2H3. The van der Waals surface area contributed by atoms with Gasteiger partial charge in [0.15, 0.2) is 0 Å². The van der Waals surface area contributed by atoms with Gasteiger partial charge in [0.05, 0.1) is 0 Å². The smallest absolute Gasteiger partial charge is 0.0488 e. The normalized spacial score (nSPS) is 24.3. The lowest BCUT2D eigenvalue weighted by atomic mass is 10.1. The SMILES string of the molecule is CN1CCN(C)C(c2cncc(Br)c2)C1. The maximum absolute atomic E-state index is 4.23. The summed E-state index contributed by atoms with van der Waals surface area (Å²) in [5.74, 6) is 0. The average molecular weight is 270 g/mol. The van der Waals surface area contributed by atoms with Crippen LogP contribution in [0.15, 0.2) is 22.9 Å². The number of aromatic nitrogens is 1. The Morgan fingerprint density at radius 2 is 2.13 bits per heavy atom. The minimum Gasteiger partial charge on any atom is -0.303 e. The van der Waals surface area contributed by atoms with Crippen molar-refractivity contribution >= 4 is 15.9 Å². The quantitative estimate of drug-likeness (QED) is 0.775. The van der Waals surface area contributed by atoms with Crippen LogP contribution in [0.2, 0.25) is 0 Å². The van der Waals surface area contributed by atoms with Gasteiger partial charge in [-0.3, -0.25) is 9.88 Å². The van der Waals surface area contributed by atoms with E-state index in [4.69, 9.17) is 0 Å². The Kier molecular flexibility index (Phi) is 3.38. The van der Waals surface area contributed by atoms with Crippen LogP contribution in [0, 0.1) is 0 Å². The second-order valence-electron chi connectivity index (χ2n) is 4.20. The van der Waals surface area contributed by atoms with E-state index in [2.05, 4.69) is 50.9 Å². The van der Waals surface area contributed by atoms with Gasteiger partial charge in [-0.2, -0.15) is 0 Å². The monoisotopic (exact) mass is 269 g/mol. The number of halogens is 1. The molecule has 0 saturated carbocycles. The highest BCUT2D eigenvalue weighted by Gasteiger charge is 2.23. The molecule has 1 aliphatic heterocycles. The van der Waals surface area contributed by atoms with Gasteiger partial charge in [0, 0.05) is 42.5 Å². The molecule has 1 unspecified atom stereocenters. The second kappa shape index (κ2) is 4.60. The Balaban J connectivity index is 2.21. The van der Waals surface area contributed by atoms with Gasteiger partial charge in [-0.15, -0.1) is 0 Å². The molecule has 0 aliphatic carbocycles. The van der Waals surface area contributed by atoms with Gasteiger partial charge in [0.25, 0.3) is 0 Å². The number of piperazine rings is 1. The fraction of sp³-hybridized carbons (Fsp3) is 0.545. The molecule has 1 aliphatic rings. The summed E-state index contributed by atoms with van der Waals surface area (Å²) in [4.78, 5) is 8.99. The first-order valence-electron chi connectivity index (χ1n) is 5.16. The van der Waals surface area contributed by atoms with Crippen molar-refractivity contribution < 1.29 is 0 Å². The number of hydrogen-bond acceptors (Lipinski definition) is 3. The van der Waals surface area contributed by atoms with Gasteiger partial charge in [-0.25, -0.2) is 0 Å². The van der Waals surface area contributed by atoms with Crippen LogP contribution < -0.4 is 0 Å². The van der Waals surface area contributed by atoms with Crippen LogP contribution in [0.4, 0.5) is 0 Å². The van der Waals surface area contributed by atoms with Crippen molar-refractivity contribution in [1.29, 1.82) is 0 Å². The average Bonchev–Trinajstić information content (AvgIpc) is 2.22. The topological polar surface area (TPSA) is 19.4 Å². The Morgan fingerprint density at radius 1 is 1.33 bits per heavy atom. The van der Waals surface area contributed by atoms with Crippen LogP contribution in [-0.4, -0.2) is 48.5 Å². The van der Waals surface area contributed by atoms with E-state index in [9.17, 15) is 0 Å². The van der Waals surface area contributed by atoms with Crippen molar-refractivity contribution in [3.05, 3.63) is 28.5 Å². The molecule has 0 aromatic carbocycles. The highest BCUT2D eigenvalue weighted by Crippen LogP contribution is 2.24. The molecule has 1 saturated heterocycles. The molecule has 1 aromatic heterocycles. The highest BCUT2D eigenvalue weighted by atomic mass is 79.9. The Morgan fingerprint density at radius 3 is 2.87 bits per heavy atom. The molecule has 2 heterocycles. The molecular formula is C11H16BrN3. The summed E-state index contributed by atoms with van der Waals surface area (Å²) in [7, 11) is 4.35. The van der Waals surface area contributed by atoms with E-state index in [0.717, 1.165) is 24.1 Å². The third-order valence-electron chi connectivity index (χ3n) is 2.96. The summed E-state index contributed by atoms with van der Waals surface area (Å²) < 4.78 is 1.06. The number of likely N-dealkylation sites (N-methyl/N-ethyl adjacent to an activating group) is 2.